The molecule has 12 heteroatoms. The Labute approximate surface area is 141 Å². The number of rotatable bonds is 0. The Morgan fingerprint density at radius 2 is 0.533 bits per heavy atom. The van der Waals surface area contributed by atoms with E-state index in [0.717, 1.165) is 0 Å². The number of carbonyl (C=O) groups is 3. The van der Waals surface area contributed by atoms with Gasteiger partial charge in [0, 0.05) is 0 Å². The molecule has 0 atom stereocenters. The van der Waals surface area contributed by atoms with Crippen molar-refractivity contribution in [2.24, 2.45) is 0 Å². The molecule has 0 spiro atoms. The number of hydrogen-bond acceptors (Lipinski definition) is 9. The van der Waals surface area contributed by atoms with Gasteiger partial charge in [-0.25, -0.2) is 0 Å². The molecule has 0 amide bonds. The fourth-order valence-electron chi connectivity index (χ4n) is 0. The minimum absolute atomic E-state index is 0. The maximum absolute atomic E-state index is 8.33. The van der Waals surface area contributed by atoms with Gasteiger partial charge in [0.05, 0.1) is 0 Å². The molecule has 0 bridgehead atoms. The summed E-state index contributed by atoms with van der Waals surface area (Å²) < 4.78 is 0. The maximum Gasteiger partial charge on any atom is 3.00 e. The molecule has 0 aliphatic heterocycles. The molecule has 0 aliphatic rings. The molecule has 0 aromatic carbocycles. The first kappa shape index (κ1) is 36.2. The normalized spacial score (nSPS) is 4.80. The van der Waals surface area contributed by atoms with Crippen LogP contribution in [0.25, 0.3) is 0 Å². The zero-order valence-electron chi connectivity index (χ0n) is 6.23. The smallest absolute Gasteiger partial charge is 0.652 e. The molecule has 0 aromatic rings. The molecule has 0 aliphatic carbocycles. The van der Waals surface area contributed by atoms with E-state index in [0.29, 0.717) is 0 Å². The minimum atomic E-state index is -2.33. The first-order valence-corrected chi connectivity index (χ1v) is 1.84. The molecule has 0 saturated carbocycles. The van der Waals surface area contributed by atoms with Crippen LogP contribution in [0.1, 0.15) is 0 Å². The topological polar surface area (TPSA) is 221 Å². The van der Waals surface area contributed by atoms with Gasteiger partial charge in [0.1, 0.15) is 0 Å². The summed E-state index contributed by atoms with van der Waals surface area (Å²) in [5.41, 5.74) is 0. The molecule has 0 heterocycles. The standard InChI is InChI=1S/3CH2O3.H2O.2Tm/c3*2-1(3)4;;;/h3*(H2,2,3,4);1H2;;/q;;;;2*+3/p-6. The molecule has 0 rings (SSSR count). The minimum Gasteiger partial charge on any atom is -0.652 e. The average molecular weight is 536 g/mol. The summed E-state index contributed by atoms with van der Waals surface area (Å²) >= 11 is 0. The van der Waals surface area contributed by atoms with Crippen molar-refractivity contribution in [3.63, 3.8) is 0 Å². The van der Waals surface area contributed by atoms with E-state index in [1.807, 2.05) is 0 Å². The van der Waals surface area contributed by atoms with Gasteiger partial charge in [0.15, 0.2) is 0 Å². The quantitative estimate of drug-likeness (QED) is 0.287. The van der Waals surface area contributed by atoms with E-state index in [1.54, 1.807) is 0 Å². The molecule has 10 nitrogen and oxygen atoms in total. The van der Waals surface area contributed by atoms with Crippen molar-refractivity contribution in [1.82, 2.24) is 0 Å². The molecule has 0 aromatic heterocycles. The van der Waals surface area contributed by atoms with Crippen molar-refractivity contribution in [2.75, 3.05) is 0 Å². The van der Waals surface area contributed by atoms with Gasteiger partial charge in [-0.05, 0) is 18.5 Å². The van der Waals surface area contributed by atoms with E-state index in [1.165, 1.54) is 0 Å². The van der Waals surface area contributed by atoms with Crippen LogP contribution in [0.15, 0.2) is 0 Å². The van der Waals surface area contributed by atoms with Crippen molar-refractivity contribution in [2.45, 2.75) is 0 Å². The van der Waals surface area contributed by atoms with E-state index in [2.05, 4.69) is 0 Å². The largest absolute Gasteiger partial charge is 3.00 e. The van der Waals surface area contributed by atoms with Crippen molar-refractivity contribution in [1.29, 1.82) is 0 Å². The molecule has 15 heavy (non-hydrogen) atoms. The second-order valence-electron chi connectivity index (χ2n) is 0.750. The zero-order chi connectivity index (χ0) is 10.7. The fraction of sp³-hybridized carbons (Fsp3) is 0. The van der Waals surface area contributed by atoms with Crippen molar-refractivity contribution < 1.29 is 124 Å². The first-order chi connectivity index (χ1) is 5.20. The average Bonchev–Trinajstić information content (AvgIpc) is 1.54. The Hall–Kier alpha value is 0.238. The number of hydrogen-bond donors (Lipinski definition) is 0. The van der Waals surface area contributed by atoms with E-state index >= 15 is 0 Å². The van der Waals surface area contributed by atoms with E-state index < -0.39 is 18.5 Å². The van der Waals surface area contributed by atoms with Crippen LogP contribution in [0.4, 0.5) is 14.4 Å². The third-order valence-electron chi connectivity index (χ3n) is 0. The number of carbonyl (C=O) groups excluding carboxylic acids is 3. The van der Waals surface area contributed by atoms with Crippen molar-refractivity contribution >= 4 is 18.5 Å². The van der Waals surface area contributed by atoms with Gasteiger partial charge < -0.3 is 50.5 Å². The molecule has 0 unspecified atom stereocenters. The second-order valence-corrected chi connectivity index (χ2v) is 0.750. The monoisotopic (exact) mass is 536 g/mol. The Balaban J connectivity index is -0.0000000184. The summed E-state index contributed by atoms with van der Waals surface area (Å²) in [6.07, 6.45) is -7.00. The molecular formula is C3H2O10Tm2. The van der Waals surface area contributed by atoms with Crippen LogP contribution in [0.2, 0.25) is 0 Å². The Morgan fingerprint density at radius 3 is 0.533 bits per heavy atom. The van der Waals surface area contributed by atoms with Gasteiger partial charge in [0.2, 0.25) is 0 Å². The molecule has 0 fully saturated rings. The van der Waals surface area contributed by atoms with Gasteiger partial charge in [-0.15, -0.1) is 0 Å². The third kappa shape index (κ3) is 37800. The van der Waals surface area contributed by atoms with E-state index in [9.17, 15) is 0 Å². The van der Waals surface area contributed by atoms with Crippen molar-refractivity contribution in [3.05, 3.63) is 0 Å². The fourth-order valence-corrected chi connectivity index (χ4v) is 0. The summed E-state index contributed by atoms with van der Waals surface area (Å²) in [5, 5.41) is 50.0. The molecule has 0 saturated heterocycles. The molecule has 2 N–H and O–H groups in total. The SMILES string of the molecule is O.O=C([O-])[O-].O=C([O-])[O-].O=C([O-])[O-].[Tm+3].[Tm+3]. The first-order valence-electron chi connectivity index (χ1n) is 1.84. The Kier molecular flexibility index (Phi) is 70.6. The Bertz CT molecular complexity index is 116. The van der Waals surface area contributed by atoms with Crippen LogP contribution in [-0.4, -0.2) is 23.9 Å². The predicted molar refractivity (Wildman–Crippen MR) is 19.8 cm³/mol. The van der Waals surface area contributed by atoms with Gasteiger partial charge in [-0.1, -0.05) is 0 Å². The summed E-state index contributed by atoms with van der Waals surface area (Å²) in [6, 6.07) is 0. The van der Waals surface area contributed by atoms with Gasteiger partial charge >= 0.3 is 73.7 Å². The second kappa shape index (κ2) is 29.2. The van der Waals surface area contributed by atoms with Crippen molar-refractivity contribution in [3.8, 4) is 0 Å². The van der Waals surface area contributed by atoms with Crippen LogP contribution < -0.4 is 30.6 Å². The van der Waals surface area contributed by atoms with E-state index in [-0.39, 0.29) is 79.2 Å². The maximum atomic E-state index is 8.33. The van der Waals surface area contributed by atoms with Gasteiger partial charge in [-0.3, -0.25) is 0 Å². The third-order valence-corrected chi connectivity index (χ3v) is 0. The van der Waals surface area contributed by atoms with Crippen LogP contribution in [-0.2, 0) is 0 Å². The molecule has 0 radical (unpaired) electrons. The van der Waals surface area contributed by atoms with Crippen LogP contribution in [0.3, 0.4) is 0 Å². The molecular weight excluding hydrogens is 534 g/mol. The molecule has 100 valence electrons. The summed E-state index contributed by atoms with van der Waals surface area (Å²) in [5.74, 6) is 0. The summed E-state index contributed by atoms with van der Waals surface area (Å²) in [6.45, 7) is 0. The summed E-state index contributed by atoms with van der Waals surface area (Å²) in [7, 11) is 0. The van der Waals surface area contributed by atoms with Gasteiger partial charge in [0.25, 0.3) is 0 Å². The number of carboxylic acid groups (broad SMARTS) is 6. The van der Waals surface area contributed by atoms with Gasteiger partial charge in [-0.2, -0.15) is 0 Å². The van der Waals surface area contributed by atoms with Crippen LogP contribution >= 0.6 is 0 Å². The van der Waals surface area contributed by atoms with E-state index in [4.69, 9.17) is 45.0 Å². The Morgan fingerprint density at radius 1 is 0.533 bits per heavy atom. The predicted octanol–water partition coefficient (Wildman–Crippen LogP) is -8.17. The summed E-state index contributed by atoms with van der Waals surface area (Å²) in [4.78, 5) is 25.0. The zero-order valence-corrected chi connectivity index (χ0v) is 9.79. The van der Waals surface area contributed by atoms with Crippen LogP contribution in [0.5, 0.6) is 0 Å². The van der Waals surface area contributed by atoms with Crippen LogP contribution in [0, 0.1) is 73.7 Å².